The first-order valence-electron chi connectivity index (χ1n) is 4.91. The smallest absolute Gasteiger partial charge is 0.182 e. The van der Waals surface area contributed by atoms with Crippen molar-refractivity contribution >= 4 is 22.8 Å². The Balaban J connectivity index is 2.04. The van der Waals surface area contributed by atoms with Gasteiger partial charge in [-0.25, -0.2) is 4.99 Å². The van der Waals surface area contributed by atoms with Gasteiger partial charge < -0.3 is 10.5 Å². The monoisotopic (exact) mass is 235 g/mol. The maximum absolute atomic E-state index is 7.41. The summed E-state index contributed by atoms with van der Waals surface area (Å²) in [5.41, 5.74) is 6.91. The number of hydrogen-bond donors (Lipinski definition) is 2. The second-order valence-electron chi connectivity index (χ2n) is 3.50. The van der Waals surface area contributed by atoms with Gasteiger partial charge in [0.2, 0.25) is 0 Å². The number of methoxy groups -OCH3 is 1. The average Bonchev–Trinajstić information content (AvgIpc) is 2.59. The molecule has 5 heteroatoms. The molecule has 0 amide bonds. The van der Waals surface area contributed by atoms with Crippen molar-refractivity contribution in [1.82, 2.24) is 0 Å². The van der Waals surface area contributed by atoms with Gasteiger partial charge >= 0.3 is 0 Å². The number of amidine groups is 2. The normalized spacial score (nSPS) is 19.7. The van der Waals surface area contributed by atoms with Crippen LogP contribution in [-0.2, 0) is 6.42 Å². The molecule has 84 valence electrons. The van der Waals surface area contributed by atoms with Crippen molar-refractivity contribution in [2.24, 2.45) is 10.7 Å². The molecule has 1 aliphatic rings. The fourth-order valence-corrected chi connectivity index (χ4v) is 2.41. The highest BCUT2D eigenvalue weighted by Gasteiger charge is 2.23. The highest BCUT2D eigenvalue weighted by atomic mass is 32.2. The Morgan fingerprint density at radius 2 is 2.12 bits per heavy atom. The van der Waals surface area contributed by atoms with Crippen LogP contribution in [0.25, 0.3) is 0 Å². The van der Waals surface area contributed by atoms with Crippen LogP contribution in [-0.4, -0.2) is 23.4 Å². The van der Waals surface area contributed by atoms with Gasteiger partial charge in [-0.1, -0.05) is 23.9 Å². The molecule has 16 heavy (non-hydrogen) atoms. The van der Waals surface area contributed by atoms with Crippen LogP contribution in [0.2, 0.25) is 0 Å². The SMILES string of the molecule is COc1ccc(CC2SC(=N)N=C2N)cc1. The summed E-state index contributed by atoms with van der Waals surface area (Å²) >= 11 is 1.40. The molecule has 0 saturated carbocycles. The van der Waals surface area contributed by atoms with Crippen LogP contribution in [0.1, 0.15) is 5.56 Å². The van der Waals surface area contributed by atoms with Crippen molar-refractivity contribution < 1.29 is 4.74 Å². The predicted molar refractivity (Wildman–Crippen MR) is 67.4 cm³/mol. The minimum absolute atomic E-state index is 0.0981. The van der Waals surface area contributed by atoms with E-state index < -0.39 is 0 Å². The van der Waals surface area contributed by atoms with Crippen LogP contribution in [0.4, 0.5) is 0 Å². The molecule has 0 aromatic heterocycles. The molecular weight excluding hydrogens is 222 g/mol. The van der Waals surface area contributed by atoms with Gasteiger partial charge in [-0.05, 0) is 24.1 Å². The largest absolute Gasteiger partial charge is 0.497 e. The Labute approximate surface area is 98.4 Å². The van der Waals surface area contributed by atoms with E-state index in [-0.39, 0.29) is 5.25 Å². The zero-order valence-corrected chi connectivity index (χ0v) is 9.75. The minimum atomic E-state index is 0.0981. The van der Waals surface area contributed by atoms with Crippen molar-refractivity contribution in [2.45, 2.75) is 11.7 Å². The van der Waals surface area contributed by atoms with Crippen molar-refractivity contribution in [3.63, 3.8) is 0 Å². The van der Waals surface area contributed by atoms with E-state index in [0.29, 0.717) is 11.0 Å². The molecule has 3 N–H and O–H groups in total. The summed E-state index contributed by atoms with van der Waals surface area (Å²) in [5.74, 6) is 1.39. The van der Waals surface area contributed by atoms with Crippen LogP contribution in [0.15, 0.2) is 29.3 Å². The summed E-state index contributed by atoms with van der Waals surface area (Å²) in [4.78, 5) is 3.92. The van der Waals surface area contributed by atoms with Crippen LogP contribution in [0.3, 0.4) is 0 Å². The maximum atomic E-state index is 7.41. The van der Waals surface area contributed by atoms with Crippen LogP contribution >= 0.6 is 11.8 Å². The quantitative estimate of drug-likeness (QED) is 0.836. The zero-order chi connectivity index (χ0) is 11.5. The van der Waals surface area contributed by atoms with Crippen LogP contribution in [0, 0.1) is 5.41 Å². The molecule has 0 spiro atoms. The molecule has 2 rings (SSSR count). The second kappa shape index (κ2) is 4.57. The summed E-state index contributed by atoms with van der Waals surface area (Å²) in [7, 11) is 1.65. The first kappa shape index (κ1) is 11.0. The molecule has 0 bridgehead atoms. The Kier molecular flexibility index (Phi) is 3.14. The third kappa shape index (κ3) is 2.36. The number of aliphatic imine (C=N–C) groups is 1. The number of nitrogens with zero attached hydrogens (tertiary/aromatic N) is 1. The summed E-state index contributed by atoms with van der Waals surface area (Å²) in [5, 5.41) is 7.81. The Bertz CT molecular complexity index is 427. The van der Waals surface area contributed by atoms with Gasteiger partial charge in [0, 0.05) is 0 Å². The molecule has 1 atom stereocenters. The molecule has 1 aliphatic heterocycles. The highest BCUT2D eigenvalue weighted by Crippen LogP contribution is 2.24. The molecule has 4 nitrogen and oxygen atoms in total. The van der Waals surface area contributed by atoms with Gasteiger partial charge in [0.25, 0.3) is 0 Å². The third-order valence-corrected chi connectivity index (χ3v) is 3.40. The van der Waals surface area contributed by atoms with E-state index in [1.807, 2.05) is 24.3 Å². The van der Waals surface area contributed by atoms with Crippen molar-refractivity contribution in [3.05, 3.63) is 29.8 Å². The summed E-state index contributed by atoms with van der Waals surface area (Å²) in [6, 6.07) is 7.87. The lowest BCUT2D eigenvalue weighted by Gasteiger charge is -2.08. The first-order chi connectivity index (χ1) is 7.69. The predicted octanol–water partition coefficient (Wildman–Crippen LogP) is 1.65. The number of hydrogen-bond acceptors (Lipinski definition) is 4. The average molecular weight is 235 g/mol. The lowest BCUT2D eigenvalue weighted by Crippen LogP contribution is -2.24. The summed E-state index contributed by atoms with van der Waals surface area (Å²) in [6.45, 7) is 0. The van der Waals surface area contributed by atoms with Crippen LogP contribution in [0.5, 0.6) is 5.75 Å². The molecule has 0 aliphatic carbocycles. The van der Waals surface area contributed by atoms with E-state index in [1.165, 1.54) is 17.3 Å². The lowest BCUT2D eigenvalue weighted by atomic mass is 10.1. The highest BCUT2D eigenvalue weighted by molar-refractivity contribution is 8.15. The molecule has 1 heterocycles. The van der Waals surface area contributed by atoms with E-state index in [9.17, 15) is 0 Å². The molecule has 0 fully saturated rings. The van der Waals surface area contributed by atoms with Crippen molar-refractivity contribution in [3.8, 4) is 5.75 Å². The van der Waals surface area contributed by atoms with E-state index >= 15 is 0 Å². The number of rotatable bonds is 3. The van der Waals surface area contributed by atoms with Gasteiger partial charge in [-0.3, -0.25) is 5.41 Å². The van der Waals surface area contributed by atoms with Gasteiger partial charge in [0.15, 0.2) is 5.17 Å². The fourth-order valence-electron chi connectivity index (χ4n) is 1.53. The first-order valence-corrected chi connectivity index (χ1v) is 5.79. The van der Waals surface area contributed by atoms with Gasteiger partial charge in [-0.2, -0.15) is 0 Å². The minimum Gasteiger partial charge on any atom is -0.497 e. The second-order valence-corrected chi connectivity index (χ2v) is 4.69. The Morgan fingerprint density at radius 1 is 1.44 bits per heavy atom. The third-order valence-electron chi connectivity index (χ3n) is 2.39. The fraction of sp³-hybridized carbons (Fsp3) is 0.273. The number of ether oxygens (including phenoxy) is 1. The summed E-state index contributed by atoms with van der Waals surface area (Å²) < 4.78 is 5.09. The Morgan fingerprint density at radius 3 is 2.62 bits per heavy atom. The van der Waals surface area contributed by atoms with Crippen molar-refractivity contribution in [2.75, 3.05) is 7.11 Å². The maximum Gasteiger partial charge on any atom is 0.182 e. The van der Waals surface area contributed by atoms with E-state index in [1.54, 1.807) is 7.11 Å². The van der Waals surface area contributed by atoms with E-state index in [2.05, 4.69) is 4.99 Å². The topological polar surface area (TPSA) is 71.5 Å². The number of benzene rings is 1. The van der Waals surface area contributed by atoms with E-state index in [4.69, 9.17) is 15.9 Å². The molecule has 0 saturated heterocycles. The Hall–Kier alpha value is -1.49. The summed E-state index contributed by atoms with van der Waals surface area (Å²) in [6.07, 6.45) is 0.798. The lowest BCUT2D eigenvalue weighted by molar-refractivity contribution is 0.414. The molecule has 0 radical (unpaired) electrons. The zero-order valence-electron chi connectivity index (χ0n) is 8.93. The molecular formula is C11H13N3OS. The van der Waals surface area contributed by atoms with E-state index in [0.717, 1.165) is 12.2 Å². The molecule has 1 unspecified atom stereocenters. The number of thioether (sulfide) groups is 1. The van der Waals surface area contributed by atoms with Crippen LogP contribution < -0.4 is 10.5 Å². The number of nitrogens with one attached hydrogen (secondary N) is 1. The van der Waals surface area contributed by atoms with Gasteiger partial charge in [-0.15, -0.1) is 0 Å². The molecule has 1 aromatic carbocycles. The van der Waals surface area contributed by atoms with Gasteiger partial charge in [0.1, 0.15) is 11.6 Å². The molecule has 1 aromatic rings. The number of nitrogens with two attached hydrogens (primary N) is 1. The van der Waals surface area contributed by atoms with Gasteiger partial charge in [0.05, 0.1) is 12.4 Å². The standard InChI is InChI=1S/C11H13N3OS/c1-15-8-4-2-7(3-5-8)6-9-10(12)14-11(13)16-9/h2-5,9H,6H2,1H3,(H3,12,13,14). The van der Waals surface area contributed by atoms with Crippen molar-refractivity contribution in [1.29, 1.82) is 5.41 Å².